The minimum Gasteiger partial charge on any atom is -0.465 e. The normalized spacial score (nSPS) is 12.5. The molecule has 37 heavy (non-hydrogen) atoms. The molecule has 0 saturated heterocycles. The summed E-state index contributed by atoms with van der Waals surface area (Å²) in [4.78, 5) is 50.2. The van der Waals surface area contributed by atoms with Gasteiger partial charge in [-0.3, -0.25) is 9.59 Å². The summed E-state index contributed by atoms with van der Waals surface area (Å²) in [6.45, 7) is 1.64. The van der Waals surface area contributed by atoms with Gasteiger partial charge in [0, 0.05) is 9.90 Å². The summed E-state index contributed by atoms with van der Waals surface area (Å²) in [5.74, 6) is -2.70. The molecule has 2 amide bonds. The Hall–Kier alpha value is -4.02. The van der Waals surface area contributed by atoms with Crippen LogP contribution in [0, 0.1) is 0 Å². The number of ether oxygens (including phenoxy) is 2. The minimum absolute atomic E-state index is 0.293. The van der Waals surface area contributed by atoms with E-state index in [0.29, 0.717) is 38.2 Å². The highest BCUT2D eigenvalue weighted by Gasteiger charge is 2.29. The van der Waals surface area contributed by atoms with Crippen LogP contribution in [-0.4, -0.2) is 36.6 Å². The number of nitrogens with zero attached hydrogens (tertiary/aromatic N) is 1. The molecule has 1 heterocycles. The minimum atomic E-state index is -0.989. The summed E-state index contributed by atoms with van der Waals surface area (Å²) in [6.07, 6.45) is 2.47. The Morgan fingerprint density at radius 2 is 1.59 bits per heavy atom. The third kappa shape index (κ3) is 6.04. The second-order valence-electron chi connectivity index (χ2n) is 8.07. The monoisotopic (exact) mass is 539 g/mol. The van der Waals surface area contributed by atoms with Crippen molar-refractivity contribution < 1.29 is 28.7 Å². The number of carbonyl (C=O) groups excluding carboxylic acids is 4. The lowest BCUT2D eigenvalue weighted by Gasteiger charge is -2.07. The quantitative estimate of drug-likeness (QED) is 0.158. The third-order valence-electron chi connectivity index (χ3n) is 5.63. The topological polar surface area (TPSA) is 123 Å². The van der Waals surface area contributed by atoms with Crippen molar-refractivity contribution in [3.8, 4) is 5.75 Å². The molecule has 0 saturated carbocycles. The van der Waals surface area contributed by atoms with Gasteiger partial charge in [-0.05, 0) is 85.8 Å². The first-order valence-corrected chi connectivity index (χ1v) is 12.4. The largest absolute Gasteiger partial charge is 0.465 e. The molecule has 1 aromatic heterocycles. The molecule has 3 aromatic rings. The van der Waals surface area contributed by atoms with Crippen molar-refractivity contribution in [3.05, 3.63) is 80.7 Å². The Morgan fingerprint density at radius 3 is 2.27 bits per heavy atom. The number of hydrazone groups is 1. The van der Waals surface area contributed by atoms with E-state index in [1.165, 1.54) is 18.4 Å². The molecular formula is C26H22ClN3O6S. The van der Waals surface area contributed by atoms with Crippen LogP contribution in [-0.2, 0) is 27.2 Å². The Balaban J connectivity index is 1.36. The van der Waals surface area contributed by atoms with Gasteiger partial charge in [-0.2, -0.15) is 5.10 Å². The number of carbonyl (C=O) groups is 4. The predicted octanol–water partition coefficient (Wildman–Crippen LogP) is 4.37. The maximum Gasteiger partial charge on any atom is 0.343 e. The van der Waals surface area contributed by atoms with Crippen molar-refractivity contribution in [2.75, 3.05) is 12.4 Å². The van der Waals surface area contributed by atoms with Gasteiger partial charge in [-0.1, -0.05) is 11.6 Å². The van der Waals surface area contributed by atoms with Crippen LogP contribution in [0.1, 0.15) is 50.1 Å². The van der Waals surface area contributed by atoms with Crippen LogP contribution < -0.4 is 15.5 Å². The van der Waals surface area contributed by atoms with Crippen LogP contribution in [0.25, 0.3) is 0 Å². The van der Waals surface area contributed by atoms with Crippen LogP contribution in [0.2, 0.25) is 5.02 Å². The number of hydrogen-bond acceptors (Lipinski definition) is 8. The van der Waals surface area contributed by atoms with Gasteiger partial charge in [-0.15, -0.1) is 11.3 Å². The highest BCUT2D eigenvalue weighted by molar-refractivity contribution is 7.17. The van der Waals surface area contributed by atoms with Crippen molar-refractivity contribution >= 4 is 57.4 Å². The van der Waals surface area contributed by atoms with Crippen molar-refractivity contribution in [2.24, 2.45) is 5.10 Å². The molecule has 2 N–H and O–H groups in total. The summed E-state index contributed by atoms with van der Waals surface area (Å²) in [7, 11) is 1.27. The van der Waals surface area contributed by atoms with E-state index in [-0.39, 0.29) is 0 Å². The van der Waals surface area contributed by atoms with E-state index < -0.39 is 23.8 Å². The number of nitrogens with one attached hydrogen (secondary N) is 2. The third-order valence-corrected chi connectivity index (χ3v) is 7.09. The smallest absolute Gasteiger partial charge is 0.343 e. The number of aryl methyl sites for hydroxylation is 1. The molecule has 0 unspecified atom stereocenters. The van der Waals surface area contributed by atoms with E-state index in [1.807, 2.05) is 0 Å². The van der Waals surface area contributed by atoms with Crippen LogP contribution in [0.4, 0.5) is 5.00 Å². The van der Waals surface area contributed by atoms with E-state index in [1.54, 1.807) is 55.5 Å². The molecule has 0 atom stereocenters. The number of methoxy groups -OCH3 is 1. The van der Waals surface area contributed by atoms with Crippen LogP contribution in [0.15, 0.2) is 53.6 Å². The van der Waals surface area contributed by atoms with Gasteiger partial charge >= 0.3 is 23.8 Å². The molecule has 1 aliphatic carbocycles. The standard InChI is InChI=1S/C26H22ClN3O6S/c1-14(15-8-12-18(13-9-15)36-25(33)16-6-10-17(27)11-7-16)29-30-23(32)22(31)28-24-21(26(34)35-2)19-4-3-5-20(19)37-24/h6-13H,3-5H2,1-2H3,(H,28,31)(H,30,32)/b29-14+. The molecule has 4 rings (SSSR count). The van der Waals surface area contributed by atoms with E-state index in [9.17, 15) is 19.2 Å². The van der Waals surface area contributed by atoms with Gasteiger partial charge in [0.05, 0.1) is 23.9 Å². The molecule has 11 heteroatoms. The molecule has 0 radical (unpaired) electrons. The Morgan fingerprint density at radius 1 is 0.919 bits per heavy atom. The molecule has 0 aliphatic heterocycles. The van der Waals surface area contributed by atoms with Gasteiger partial charge in [0.15, 0.2) is 0 Å². The lowest BCUT2D eigenvalue weighted by atomic mass is 10.1. The maximum absolute atomic E-state index is 12.4. The van der Waals surface area contributed by atoms with Crippen LogP contribution in [0.3, 0.4) is 0 Å². The maximum atomic E-state index is 12.4. The second kappa shape index (κ2) is 11.4. The van der Waals surface area contributed by atoms with Crippen molar-refractivity contribution in [1.29, 1.82) is 0 Å². The van der Waals surface area contributed by atoms with E-state index >= 15 is 0 Å². The average molecular weight is 540 g/mol. The van der Waals surface area contributed by atoms with Crippen LogP contribution >= 0.6 is 22.9 Å². The number of esters is 2. The summed E-state index contributed by atoms with van der Waals surface area (Å²) in [5.41, 5.74) is 4.79. The van der Waals surface area contributed by atoms with E-state index in [4.69, 9.17) is 21.1 Å². The van der Waals surface area contributed by atoms with Crippen LogP contribution in [0.5, 0.6) is 5.75 Å². The highest BCUT2D eigenvalue weighted by Crippen LogP contribution is 2.39. The number of amides is 2. The van der Waals surface area contributed by atoms with Gasteiger partial charge in [0.1, 0.15) is 10.8 Å². The zero-order valence-electron chi connectivity index (χ0n) is 19.9. The predicted molar refractivity (Wildman–Crippen MR) is 140 cm³/mol. The molecule has 0 fully saturated rings. The number of rotatable bonds is 6. The van der Waals surface area contributed by atoms with Gasteiger partial charge in [0.2, 0.25) is 0 Å². The summed E-state index contributed by atoms with van der Waals surface area (Å²) in [5, 5.41) is 7.28. The number of benzene rings is 2. The Bertz CT molecular complexity index is 1400. The number of hydrogen-bond donors (Lipinski definition) is 2. The van der Waals surface area contributed by atoms with Crippen molar-refractivity contribution in [2.45, 2.75) is 26.2 Å². The first-order chi connectivity index (χ1) is 17.8. The molecule has 2 aromatic carbocycles. The molecule has 0 bridgehead atoms. The van der Waals surface area contributed by atoms with Crippen molar-refractivity contribution in [3.63, 3.8) is 0 Å². The molecular weight excluding hydrogens is 518 g/mol. The summed E-state index contributed by atoms with van der Waals surface area (Å²) >= 11 is 7.11. The lowest BCUT2D eigenvalue weighted by molar-refractivity contribution is -0.136. The zero-order valence-corrected chi connectivity index (χ0v) is 21.5. The first-order valence-electron chi connectivity index (χ1n) is 11.2. The van der Waals surface area contributed by atoms with Gasteiger partial charge < -0.3 is 14.8 Å². The summed E-state index contributed by atoms with van der Waals surface area (Å²) < 4.78 is 10.2. The fraction of sp³-hybridized carbons (Fsp3) is 0.192. The fourth-order valence-corrected chi connectivity index (χ4v) is 5.13. The number of thiophene rings is 1. The molecule has 1 aliphatic rings. The average Bonchev–Trinajstić information content (AvgIpc) is 3.48. The first kappa shape index (κ1) is 26.1. The van der Waals surface area contributed by atoms with E-state index in [0.717, 1.165) is 29.7 Å². The second-order valence-corrected chi connectivity index (χ2v) is 9.61. The number of fused-ring (bicyclic) bond motifs is 1. The molecule has 0 spiro atoms. The van der Waals surface area contributed by atoms with Gasteiger partial charge in [-0.25, -0.2) is 15.0 Å². The fourth-order valence-electron chi connectivity index (χ4n) is 3.74. The summed E-state index contributed by atoms with van der Waals surface area (Å²) in [6, 6.07) is 12.8. The molecule has 190 valence electrons. The van der Waals surface area contributed by atoms with E-state index in [2.05, 4.69) is 15.8 Å². The number of anilines is 1. The molecule has 9 nitrogen and oxygen atoms in total. The highest BCUT2D eigenvalue weighted by atomic mass is 35.5. The number of halogens is 1. The van der Waals surface area contributed by atoms with Crippen molar-refractivity contribution in [1.82, 2.24) is 5.43 Å². The Labute approximate surface area is 221 Å². The Kier molecular flexibility index (Phi) is 8.00. The van der Waals surface area contributed by atoms with Gasteiger partial charge in [0.25, 0.3) is 0 Å². The SMILES string of the molecule is COC(=O)c1c(NC(=O)C(=O)N/N=C(\C)c2ccc(OC(=O)c3ccc(Cl)cc3)cc2)sc2c1CCC2. The lowest BCUT2D eigenvalue weighted by Crippen LogP contribution is -2.33. The zero-order chi connectivity index (χ0) is 26.5.